The summed E-state index contributed by atoms with van der Waals surface area (Å²) in [6.07, 6.45) is 3.53. The fourth-order valence-corrected chi connectivity index (χ4v) is 3.70. The number of anilines is 3. The van der Waals surface area contributed by atoms with Crippen LogP contribution in [0.15, 0.2) is 60.8 Å². The van der Waals surface area contributed by atoms with Gasteiger partial charge in [0.1, 0.15) is 5.82 Å². The first kappa shape index (κ1) is 19.9. The molecule has 1 aliphatic heterocycles. The standard InChI is InChI=1S/C24H27N5O/c1-17-6-5-8-19(16-17)23(30)26-20-11-14-29(15-12-20)24-25-13-10-22(28-24)27-21-9-4-3-7-18(21)2/h3-10,13,16,20H,11-12,14-15H2,1-2H3,(H,26,30)(H,25,27,28). The number of hydrogen-bond donors (Lipinski definition) is 2. The van der Waals surface area contributed by atoms with Crippen LogP contribution in [-0.4, -0.2) is 35.0 Å². The number of aromatic nitrogens is 2. The fraction of sp³-hybridized carbons (Fsp3) is 0.292. The summed E-state index contributed by atoms with van der Waals surface area (Å²) < 4.78 is 0. The maximum Gasteiger partial charge on any atom is 0.251 e. The Morgan fingerprint density at radius 3 is 2.60 bits per heavy atom. The molecule has 6 nitrogen and oxygen atoms in total. The Hall–Kier alpha value is -3.41. The molecular weight excluding hydrogens is 374 g/mol. The zero-order chi connectivity index (χ0) is 20.9. The van der Waals surface area contributed by atoms with Crippen LogP contribution in [0.25, 0.3) is 0 Å². The van der Waals surface area contributed by atoms with E-state index in [1.54, 1.807) is 6.20 Å². The van der Waals surface area contributed by atoms with Crippen LogP contribution in [0.5, 0.6) is 0 Å². The predicted octanol–water partition coefficient (Wildman–Crippen LogP) is 4.24. The lowest BCUT2D eigenvalue weighted by atomic mass is 10.0. The molecule has 6 heteroatoms. The zero-order valence-electron chi connectivity index (χ0n) is 17.4. The van der Waals surface area contributed by atoms with Crippen molar-refractivity contribution in [1.82, 2.24) is 15.3 Å². The van der Waals surface area contributed by atoms with Crippen LogP contribution >= 0.6 is 0 Å². The van der Waals surface area contributed by atoms with E-state index in [1.807, 2.05) is 55.5 Å². The second-order valence-electron chi connectivity index (χ2n) is 7.79. The van der Waals surface area contributed by atoms with Gasteiger partial charge in [-0.15, -0.1) is 0 Å². The normalized spacial score (nSPS) is 14.4. The highest BCUT2D eigenvalue weighted by Gasteiger charge is 2.23. The molecule has 0 saturated carbocycles. The second kappa shape index (κ2) is 8.95. The summed E-state index contributed by atoms with van der Waals surface area (Å²) in [6, 6.07) is 17.9. The fourth-order valence-electron chi connectivity index (χ4n) is 3.70. The molecule has 0 bridgehead atoms. The summed E-state index contributed by atoms with van der Waals surface area (Å²) in [5.74, 6) is 1.50. The molecule has 2 N–H and O–H groups in total. The van der Waals surface area contributed by atoms with E-state index >= 15 is 0 Å². The van der Waals surface area contributed by atoms with E-state index in [0.717, 1.165) is 54.5 Å². The summed E-state index contributed by atoms with van der Waals surface area (Å²) in [5, 5.41) is 6.54. The van der Waals surface area contributed by atoms with Crippen molar-refractivity contribution in [2.45, 2.75) is 32.7 Å². The Balaban J connectivity index is 1.35. The minimum absolute atomic E-state index is 0.00201. The summed E-state index contributed by atoms with van der Waals surface area (Å²) in [6.45, 7) is 5.69. The van der Waals surface area contributed by atoms with Crippen molar-refractivity contribution in [1.29, 1.82) is 0 Å². The quantitative estimate of drug-likeness (QED) is 0.669. The molecule has 4 rings (SSSR count). The number of carbonyl (C=O) groups excluding carboxylic acids is 1. The Morgan fingerprint density at radius 1 is 1.03 bits per heavy atom. The van der Waals surface area contributed by atoms with Crippen molar-refractivity contribution in [3.05, 3.63) is 77.5 Å². The highest BCUT2D eigenvalue weighted by atomic mass is 16.1. The molecule has 1 fully saturated rings. The first-order valence-corrected chi connectivity index (χ1v) is 10.4. The van der Waals surface area contributed by atoms with E-state index in [4.69, 9.17) is 4.98 Å². The lowest BCUT2D eigenvalue weighted by molar-refractivity contribution is 0.0931. The Bertz CT molecular complexity index is 1030. The topological polar surface area (TPSA) is 70.2 Å². The molecule has 154 valence electrons. The van der Waals surface area contributed by atoms with Crippen molar-refractivity contribution >= 4 is 23.4 Å². The largest absolute Gasteiger partial charge is 0.349 e. The summed E-state index contributed by atoms with van der Waals surface area (Å²) in [5.41, 5.74) is 4.02. The Kier molecular flexibility index (Phi) is 5.93. The number of amides is 1. The van der Waals surface area contributed by atoms with Gasteiger partial charge in [-0.2, -0.15) is 4.98 Å². The second-order valence-corrected chi connectivity index (χ2v) is 7.79. The third kappa shape index (κ3) is 4.76. The number of para-hydroxylation sites is 1. The van der Waals surface area contributed by atoms with Gasteiger partial charge >= 0.3 is 0 Å². The lowest BCUT2D eigenvalue weighted by Gasteiger charge is -2.32. The molecule has 30 heavy (non-hydrogen) atoms. The molecule has 1 saturated heterocycles. The number of hydrogen-bond acceptors (Lipinski definition) is 5. The third-order valence-corrected chi connectivity index (χ3v) is 5.44. The highest BCUT2D eigenvalue weighted by Crippen LogP contribution is 2.21. The van der Waals surface area contributed by atoms with Crippen molar-refractivity contribution in [2.24, 2.45) is 0 Å². The molecular formula is C24H27N5O. The minimum Gasteiger partial charge on any atom is -0.349 e. The van der Waals surface area contributed by atoms with Crippen molar-refractivity contribution < 1.29 is 4.79 Å². The minimum atomic E-state index is -0.00201. The monoisotopic (exact) mass is 401 g/mol. The first-order chi connectivity index (χ1) is 14.6. The maximum absolute atomic E-state index is 12.5. The number of aryl methyl sites for hydroxylation is 2. The van der Waals surface area contributed by atoms with Crippen LogP contribution in [0.1, 0.15) is 34.3 Å². The molecule has 0 aliphatic carbocycles. The van der Waals surface area contributed by atoms with Gasteiger partial charge in [-0.3, -0.25) is 4.79 Å². The Morgan fingerprint density at radius 2 is 1.83 bits per heavy atom. The lowest BCUT2D eigenvalue weighted by Crippen LogP contribution is -2.45. The van der Waals surface area contributed by atoms with E-state index in [0.29, 0.717) is 0 Å². The number of carbonyl (C=O) groups is 1. The van der Waals surface area contributed by atoms with Gasteiger partial charge in [0, 0.05) is 36.6 Å². The van der Waals surface area contributed by atoms with E-state index in [-0.39, 0.29) is 11.9 Å². The SMILES string of the molecule is Cc1cccc(C(=O)NC2CCN(c3nccc(Nc4ccccc4C)n3)CC2)c1. The van der Waals surface area contributed by atoms with Crippen LogP contribution < -0.4 is 15.5 Å². The van der Waals surface area contributed by atoms with Gasteiger partial charge in [-0.1, -0.05) is 35.9 Å². The molecule has 1 aromatic heterocycles. The molecule has 0 radical (unpaired) electrons. The van der Waals surface area contributed by atoms with Crippen molar-refractivity contribution in [3.8, 4) is 0 Å². The number of rotatable bonds is 5. The van der Waals surface area contributed by atoms with Gasteiger partial charge in [0.15, 0.2) is 0 Å². The van der Waals surface area contributed by atoms with Crippen molar-refractivity contribution in [2.75, 3.05) is 23.3 Å². The average molecular weight is 402 g/mol. The molecule has 0 spiro atoms. The van der Waals surface area contributed by atoms with Crippen LogP contribution in [0.3, 0.4) is 0 Å². The van der Waals surface area contributed by atoms with Crippen molar-refractivity contribution in [3.63, 3.8) is 0 Å². The molecule has 2 aromatic carbocycles. The van der Waals surface area contributed by atoms with Crippen LogP contribution in [0, 0.1) is 13.8 Å². The van der Waals surface area contributed by atoms with Crippen LogP contribution in [-0.2, 0) is 0 Å². The van der Waals surface area contributed by atoms with Gasteiger partial charge in [-0.05, 0) is 56.5 Å². The summed E-state index contributed by atoms with van der Waals surface area (Å²) in [7, 11) is 0. The van der Waals surface area contributed by atoms with Crippen LogP contribution in [0.4, 0.5) is 17.5 Å². The zero-order valence-corrected chi connectivity index (χ0v) is 17.4. The van der Waals surface area contributed by atoms with Gasteiger partial charge < -0.3 is 15.5 Å². The molecule has 3 aromatic rings. The van der Waals surface area contributed by atoms with Gasteiger partial charge in [-0.25, -0.2) is 4.98 Å². The predicted molar refractivity (Wildman–Crippen MR) is 120 cm³/mol. The number of nitrogens with zero attached hydrogens (tertiary/aromatic N) is 3. The molecule has 1 amide bonds. The van der Waals surface area contributed by atoms with Gasteiger partial charge in [0.05, 0.1) is 0 Å². The number of nitrogens with one attached hydrogen (secondary N) is 2. The van der Waals surface area contributed by atoms with E-state index < -0.39 is 0 Å². The van der Waals surface area contributed by atoms with E-state index in [1.165, 1.54) is 5.56 Å². The molecule has 1 aliphatic rings. The highest BCUT2D eigenvalue weighted by molar-refractivity contribution is 5.94. The summed E-state index contributed by atoms with van der Waals surface area (Å²) in [4.78, 5) is 23.8. The van der Waals surface area contributed by atoms with Gasteiger partial charge in [0.2, 0.25) is 5.95 Å². The van der Waals surface area contributed by atoms with Crippen LogP contribution in [0.2, 0.25) is 0 Å². The average Bonchev–Trinajstić information content (AvgIpc) is 2.76. The maximum atomic E-state index is 12.5. The van der Waals surface area contributed by atoms with Gasteiger partial charge in [0.25, 0.3) is 5.91 Å². The summed E-state index contributed by atoms with van der Waals surface area (Å²) >= 11 is 0. The number of benzene rings is 2. The third-order valence-electron chi connectivity index (χ3n) is 5.44. The first-order valence-electron chi connectivity index (χ1n) is 10.4. The smallest absolute Gasteiger partial charge is 0.251 e. The number of piperidine rings is 1. The molecule has 2 heterocycles. The molecule has 0 atom stereocenters. The Labute approximate surface area is 177 Å². The van der Waals surface area contributed by atoms with E-state index in [2.05, 4.69) is 33.5 Å². The van der Waals surface area contributed by atoms with E-state index in [9.17, 15) is 4.79 Å². The molecule has 0 unspecified atom stereocenters.